The molecule has 0 saturated heterocycles. The lowest BCUT2D eigenvalue weighted by Gasteiger charge is -2.09. The van der Waals surface area contributed by atoms with Crippen LogP contribution in [0.25, 0.3) is 5.57 Å². The van der Waals surface area contributed by atoms with Gasteiger partial charge in [-0.25, -0.2) is 4.39 Å². The molecule has 0 unspecified atom stereocenters. The van der Waals surface area contributed by atoms with Crippen molar-refractivity contribution < 1.29 is 9.18 Å². The van der Waals surface area contributed by atoms with Crippen LogP contribution in [0.4, 0.5) is 4.39 Å². The molecule has 0 radical (unpaired) electrons. The molecule has 1 rings (SSSR count). The summed E-state index contributed by atoms with van der Waals surface area (Å²) >= 11 is 5.76. The smallest absolute Gasteiger partial charge is 0.152 e. The lowest BCUT2D eigenvalue weighted by molar-refractivity contribution is -0.103. The van der Waals surface area contributed by atoms with Gasteiger partial charge >= 0.3 is 0 Å². The summed E-state index contributed by atoms with van der Waals surface area (Å²) in [4.78, 5) is 12.5. The highest BCUT2D eigenvalue weighted by atomic mass is 35.5. The van der Waals surface area contributed by atoms with E-state index in [4.69, 9.17) is 11.6 Å². The van der Waals surface area contributed by atoms with Gasteiger partial charge in [0, 0.05) is 31.4 Å². The third-order valence-corrected chi connectivity index (χ3v) is 2.17. The summed E-state index contributed by atoms with van der Waals surface area (Å²) in [6.07, 6.45) is 2.24. The molecule has 0 aliphatic heterocycles. The number of aldehydes is 1. The van der Waals surface area contributed by atoms with E-state index in [1.165, 1.54) is 12.1 Å². The van der Waals surface area contributed by atoms with Crippen LogP contribution in [0.15, 0.2) is 24.4 Å². The highest BCUT2D eigenvalue weighted by molar-refractivity contribution is 6.33. The van der Waals surface area contributed by atoms with Gasteiger partial charge in [0.1, 0.15) is 5.82 Å². The van der Waals surface area contributed by atoms with Gasteiger partial charge in [-0.15, -0.1) is 0 Å². The summed E-state index contributed by atoms with van der Waals surface area (Å²) in [5.74, 6) is -0.527. The molecule has 80 valence electrons. The number of carbonyl (C=O) groups excluding carboxylic acids is 1. The normalized spacial score (nSPS) is 11.3. The van der Waals surface area contributed by atoms with E-state index in [2.05, 4.69) is 0 Å². The second-order valence-electron chi connectivity index (χ2n) is 3.27. The van der Waals surface area contributed by atoms with Crippen LogP contribution >= 0.6 is 11.6 Å². The zero-order valence-electron chi connectivity index (χ0n) is 8.50. The standard InChI is InChI=1S/C11H11ClFNO/c1-14(2)6-8(7-15)9-4-3-5-10(13)11(9)12/h3-7H,1-2H3. The minimum atomic E-state index is -0.527. The van der Waals surface area contributed by atoms with Gasteiger partial charge in [-0.1, -0.05) is 23.7 Å². The first-order chi connectivity index (χ1) is 7.06. The molecule has 0 aliphatic carbocycles. The molecule has 4 heteroatoms. The number of allylic oxidation sites excluding steroid dienone is 1. The average Bonchev–Trinajstić information content (AvgIpc) is 2.19. The number of benzene rings is 1. The molecule has 0 fully saturated rings. The number of rotatable bonds is 3. The molecule has 0 heterocycles. The Morgan fingerprint density at radius 1 is 1.47 bits per heavy atom. The van der Waals surface area contributed by atoms with E-state index in [-0.39, 0.29) is 5.02 Å². The van der Waals surface area contributed by atoms with Gasteiger partial charge in [0.15, 0.2) is 6.29 Å². The van der Waals surface area contributed by atoms with Gasteiger partial charge in [-0.2, -0.15) is 0 Å². The fraction of sp³-hybridized carbons (Fsp3) is 0.182. The molecule has 1 aromatic rings. The molecule has 0 bridgehead atoms. The Hall–Kier alpha value is -1.35. The maximum Gasteiger partial charge on any atom is 0.152 e. The van der Waals surface area contributed by atoms with Crippen molar-refractivity contribution in [2.45, 2.75) is 0 Å². The number of hydrogen-bond acceptors (Lipinski definition) is 2. The van der Waals surface area contributed by atoms with Gasteiger partial charge in [-0.3, -0.25) is 4.79 Å². The van der Waals surface area contributed by atoms with Crippen molar-refractivity contribution in [3.05, 3.63) is 40.8 Å². The summed E-state index contributed by atoms with van der Waals surface area (Å²) in [7, 11) is 3.55. The molecule has 0 saturated carbocycles. The van der Waals surface area contributed by atoms with Crippen LogP contribution in [0.2, 0.25) is 5.02 Å². The van der Waals surface area contributed by atoms with Crippen LogP contribution < -0.4 is 0 Å². The average molecular weight is 228 g/mol. The lowest BCUT2D eigenvalue weighted by atomic mass is 10.1. The van der Waals surface area contributed by atoms with Crippen LogP contribution in [0.1, 0.15) is 5.56 Å². The Morgan fingerprint density at radius 2 is 2.13 bits per heavy atom. The van der Waals surface area contributed by atoms with Crippen molar-refractivity contribution in [3.63, 3.8) is 0 Å². The SMILES string of the molecule is CN(C)C=C(C=O)c1cccc(F)c1Cl. The first kappa shape index (κ1) is 11.7. The predicted octanol–water partition coefficient (Wildman–Crippen LogP) is 2.58. The van der Waals surface area contributed by atoms with E-state index < -0.39 is 5.82 Å². The van der Waals surface area contributed by atoms with Gasteiger partial charge in [0.05, 0.1) is 5.02 Å². The van der Waals surface area contributed by atoms with Crippen LogP contribution in [0, 0.1) is 5.82 Å². The summed E-state index contributed by atoms with van der Waals surface area (Å²) in [5, 5.41) is -0.0299. The van der Waals surface area contributed by atoms with Crippen molar-refractivity contribution in [2.75, 3.05) is 14.1 Å². The number of nitrogens with zero attached hydrogens (tertiary/aromatic N) is 1. The van der Waals surface area contributed by atoms with E-state index in [0.717, 1.165) is 0 Å². The topological polar surface area (TPSA) is 20.3 Å². The molecular weight excluding hydrogens is 217 g/mol. The van der Waals surface area contributed by atoms with E-state index in [9.17, 15) is 9.18 Å². The van der Waals surface area contributed by atoms with Gasteiger partial charge in [0.2, 0.25) is 0 Å². The Bertz CT molecular complexity index is 402. The lowest BCUT2D eigenvalue weighted by Crippen LogP contribution is -2.03. The maximum absolute atomic E-state index is 13.1. The van der Waals surface area contributed by atoms with Crippen molar-refractivity contribution in [2.24, 2.45) is 0 Å². The van der Waals surface area contributed by atoms with E-state index in [1.807, 2.05) is 0 Å². The molecule has 1 aromatic carbocycles. The first-order valence-electron chi connectivity index (χ1n) is 4.34. The molecule has 0 N–H and O–H groups in total. The molecule has 0 amide bonds. The van der Waals surface area contributed by atoms with Crippen molar-refractivity contribution in [3.8, 4) is 0 Å². The van der Waals surface area contributed by atoms with E-state index in [1.54, 1.807) is 31.3 Å². The zero-order valence-corrected chi connectivity index (χ0v) is 9.25. The zero-order chi connectivity index (χ0) is 11.4. The Morgan fingerprint density at radius 3 is 2.67 bits per heavy atom. The van der Waals surface area contributed by atoms with Crippen molar-refractivity contribution in [1.82, 2.24) is 4.90 Å². The van der Waals surface area contributed by atoms with Crippen molar-refractivity contribution in [1.29, 1.82) is 0 Å². The Balaban J connectivity index is 3.25. The number of halogens is 2. The third kappa shape index (κ3) is 2.80. The first-order valence-corrected chi connectivity index (χ1v) is 4.72. The molecule has 0 atom stereocenters. The van der Waals surface area contributed by atoms with Crippen LogP contribution in [-0.4, -0.2) is 25.3 Å². The van der Waals surface area contributed by atoms with E-state index >= 15 is 0 Å². The van der Waals surface area contributed by atoms with Crippen LogP contribution in [-0.2, 0) is 4.79 Å². The van der Waals surface area contributed by atoms with Gasteiger partial charge in [0.25, 0.3) is 0 Å². The largest absolute Gasteiger partial charge is 0.383 e. The van der Waals surface area contributed by atoms with Gasteiger partial charge in [-0.05, 0) is 6.07 Å². The third-order valence-electron chi connectivity index (χ3n) is 1.79. The second-order valence-corrected chi connectivity index (χ2v) is 3.65. The van der Waals surface area contributed by atoms with Crippen LogP contribution in [0.5, 0.6) is 0 Å². The maximum atomic E-state index is 13.1. The Kier molecular flexibility index (Phi) is 3.86. The summed E-state index contributed by atoms with van der Waals surface area (Å²) in [5.41, 5.74) is 0.755. The highest BCUT2D eigenvalue weighted by Crippen LogP contribution is 2.25. The summed E-state index contributed by atoms with van der Waals surface area (Å²) < 4.78 is 13.1. The monoisotopic (exact) mass is 227 g/mol. The minimum Gasteiger partial charge on any atom is -0.383 e. The van der Waals surface area contributed by atoms with E-state index in [0.29, 0.717) is 17.4 Å². The fourth-order valence-electron chi connectivity index (χ4n) is 1.17. The minimum absolute atomic E-state index is 0.0299. The molecule has 0 spiro atoms. The summed E-state index contributed by atoms with van der Waals surface area (Å²) in [6, 6.07) is 4.38. The highest BCUT2D eigenvalue weighted by Gasteiger charge is 2.09. The molecular formula is C11H11ClFNO. The summed E-state index contributed by atoms with van der Waals surface area (Å²) in [6.45, 7) is 0. The van der Waals surface area contributed by atoms with Crippen LogP contribution in [0.3, 0.4) is 0 Å². The van der Waals surface area contributed by atoms with Gasteiger partial charge < -0.3 is 4.90 Å². The molecule has 2 nitrogen and oxygen atoms in total. The number of hydrogen-bond donors (Lipinski definition) is 0. The molecule has 15 heavy (non-hydrogen) atoms. The number of carbonyl (C=O) groups is 1. The van der Waals surface area contributed by atoms with Crippen molar-refractivity contribution >= 4 is 23.5 Å². The Labute approximate surface area is 93.0 Å². The molecule has 0 aliphatic rings. The second kappa shape index (κ2) is 4.94. The fourth-order valence-corrected chi connectivity index (χ4v) is 1.40. The molecule has 0 aromatic heterocycles. The predicted molar refractivity (Wildman–Crippen MR) is 59.1 cm³/mol. The quantitative estimate of drug-likeness (QED) is 0.584.